The van der Waals surface area contributed by atoms with Gasteiger partial charge in [0.2, 0.25) is 0 Å². The van der Waals surface area contributed by atoms with Gasteiger partial charge in [0.05, 0.1) is 11.3 Å². The molecule has 0 spiro atoms. The van der Waals surface area contributed by atoms with E-state index in [1.54, 1.807) is 0 Å². The number of hydrogen-bond acceptors (Lipinski definition) is 3. The topological polar surface area (TPSA) is 53.0 Å². The van der Waals surface area contributed by atoms with Crippen molar-refractivity contribution in [3.8, 4) is 6.07 Å². The number of rotatable bonds is 2. The molecule has 2 rings (SSSR count). The molecule has 0 aliphatic carbocycles. The van der Waals surface area contributed by atoms with Crippen LogP contribution in [0.4, 0.5) is 5.69 Å². The van der Waals surface area contributed by atoms with Gasteiger partial charge in [-0.25, -0.2) is 0 Å². The van der Waals surface area contributed by atoms with E-state index in [1.165, 1.54) is 0 Å². The average Bonchev–Trinajstić information content (AvgIpc) is 2.72. The zero-order chi connectivity index (χ0) is 12.5. The van der Waals surface area contributed by atoms with Gasteiger partial charge in [0.1, 0.15) is 6.07 Å². The van der Waals surface area contributed by atoms with Crippen LogP contribution in [0.25, 0.3) is 0 Å². The molecule has 1 fully saturated rings. The zero-order valence-electron chi connectivity index (χ0n) is 9.91. The molecule has 0 saturated carbocycles. The van der Waals surface area contributed by atoms with E-state index >= 15 is 0 Å². The summed E-state index contributed by atoms with van der Waals surface area (Å²) in [5.41, 5.74) is 7.71. The summed E-state index contributed by atoms with van der Waals surface area (Å²) in [7, 11) is 0. The number of nitrogens with two attached hydrogens (primary N) is 1. The van der Waals surface area contributed by atoms with Gasteiger partial charge < -0.3 is 10.6 Å². The lowest BCUT2D eigenvalue weighted by atomic mass is 9.90. The minimum atomic E-state index is 0.176. The lowest BCUT2D eigenvalue weighted by Crippen LogP contribution is -2.31. The first kappa shape index (κ1) is 12.4. The number of nitrogens with zero attached hydrogens (tertiary/aromatic N) is 2. The molecule has 0 radical (unpaired) electrons. The number of nitriles is 1. The smallest absolute Gasteiger partial charge is 0.103 e. The maximum absolute atomic E-state index is 9.22. The summed E-state index contributed by atoms with van der Waals surface area (Å²) in [6, 6.07) is 8.15. The standard InChI is InChI=1S/C13H16BrN3/c1-13(8-16)5-6-17(9-13)12-4-2-3-11(14)10(12)7-15/h2-4H,5-6,8-9,16H2,1H3. The van der Waals surface area contributed by atoms with Gasteiger partial charge in [0, 0.05) is 17.6 Å². The Hall–Kier alpha value is -1.05. The maximum atomic E-state index is 9.22. The van der Waals surface area contributed by atoms with Crippen LogP contribution in [-0.4, -0.2) is 19.6 Å². The molecule has 1 atom stereocenters. The van der Waals surface area contributed by atoms with Gasteiger partial charge >= 0.3 is 0 Å². The van der Waals surface area contributed by atoms with Crippen molar-refractivity contribution in [1.82, 2.24) is 0 Å². The van der Waals surface area contributed by atoms with E-state index in [9.17, 15) is 5.26 Å². The van der Waals surface area contributed by atoms with Crippen molar-refractivity contribution in [3.05, 3.63) is 28.2 Å². The van der Waals surface area contributed by atoms with Crippen molar-refractivity contribution in [2.45, 2.75) is 13.3 Å². The maximum Gasteiger partial charge on any atom is 0.103 e. The molecule has 17 heavy (non-hydrogen) atoms. The molecule has 0 bridgehead atoms. The van der Waals surface area contributed by atoms with E-state index in [0.717, 1.165) is 29.7 Å². The first-order valence-electron chi connectivity index (χ1n) is 5.73. The monoisotopic (exact) mass is 293 g/mol. The Bertz CT molecular complexity index is 466. The van der Waals surface area contributed by atoms with Crippen LogP contribution in [0.15, 0.2) is 22.7 Å². The van der Waals surface area contributed by atoms with Gasteiger partial charge in [0.25, 0.3) is 0 Å². The predicted octanol–water partition coefficient (Wildman–Crippen LogP) is 2.50. The number of anilines is 1. The number of benzene rings is 1. The highest BCUT2D eigenvalue weighted by molar-refractivity contribution is 9.10. The van der Waals surface area contributed by atoms with E-state index in [-0.39, 0.29) is 5.41 Å². The van der Waals surface area contributed by atoms with Crippen LogP contribution < -0.4 is 10.6 Å². The fourth-order valence-electron chi connectivity index (χ4n) is 2.28. The van der Waals surface area contributed by atoms with Crippen LogP contribution in [0, 0.1) is 16.7 Å². The summed E-state index contributed by atoms with van der Waals surface area (Å²) >= 11 is 3.43. The molecule has 2 N–H and O–H groups in total. The van der Waals surface area contributed by atoms with E-state index in [4.69, 9.17) is 5.73 Å². The Labute approximate surface area is 110 Å². The van der Waals surface area contributed by atoms with E-state index in [1.807, 2.05) is 18.2 Å². The quantitative estimate of drug-likeness (QED) is 0.911. The second kappa shape index (κ2) is 4.67. The summed E-state index contributed by atoms with van der Waals surface area (Å²) in [4.78, 5) is 2.26. The highest BCUT2D eigenvalue weighted by Gasteiger charge is 2.33. The highest BCUT2D eigenvalue weighted by Crippen LogP contribution is 2.35. The van der Waals surface area contributed by atoms with Gasteiger partial charge in [-0.15, -0.1) is 0 Å². The van der Waals surface area contributed by atoms with Crippen molar-refractivity contribution in [2.24, 2.45) is 11.1 Å². The Kier molecular flexibility index (Phi) is 3.41. The van der Waals surface area contributed by atoms with Gasteiger partial charge in [-0.2, -0.15) is 5.26 Å². The lowest BCUT2D eigenvalue weighted by Gasteiger charge is -2.24. The highest BCUT2D eigenvalue weighted by atomic mass is 79.9. The third-order valence-electron chi connectivity index (χ3n) is 3.49. The lowest BCUT2D eigenvalue weighted by molar-refractivity contribution is 0.383. The molecule has 90 valence electrons. The molecule has 1 aliphatic rings. The molecular weight excluding hydrogens is 278 g/mol. The Morgan fingerprint density at radius 3 is 2.94 bits per heavy atom. The first-order valence-corrected chi connectivity index (χ1v) is 6.52. The molecular formula is C13H16BrN3. The molecule has 1 aliphatic heterocycles. The Morgan fingerprint density at radius 2 is 2.35 bits per heavy atom. The number of halogens is 1. The summed E-state index contributed by atoms with van der Waals surface area (Å²) in [5.74, 6) is 0. The predicted molar refractivity (Wildman–Crippen MR) is 72.8 cm³/mol. The third-order valence-corrected chi connectivity index (χ3v) is 4.16. The molecule has 0 aromatic heterocycles. The molecule has 4 heteroatoms. The van der Waals surface area contributed by atoms with Crippen molar-refractivity contribution in [2.75, 3.05) is 24.5 Å². The van der Waals surface area contributed by atoms with Crippen LogP contribution in [0.3, 0.4) is 0 Å². The van der Waals surface area contributed by atoms with E-state index < -0.39 is 0 Å². The normalized spacial score (nSPS) is 23.8. The molecule has 1 heterocycles. The van der Waals surface area contributed by atoms with Crippen LogP contribution in [0.1, 0.15) is 18.9 Å². The molecule has 0 amide bonds. The van der Waals surface area contributed by atoms with Crippen LogP contribution in [-0.2, 0) is 0 Å². The molecule has 1 aromatic rings. The third kappa shape index (κ3) is 2.31. The first-order chi connectivity index (χ1) is 8.09. The zero-order valence-corrected chi connectivity index (χ0v) is 11.5. The van der Waals surface area contributed by atoms with Crippen molar-refractivity contribution in [3.63, 3.8) is 0 Å². The molecule has 1 unspecified atom stereocenters. The van der Waals surface area contributed by atoms with E-state index in [2.05, 4.69) is 33.8 Å². The molecule has 1 aromatic carbocycles. The van der Waals surface area contributed by atoms with Gasteiger partial charge in [-0.05, 0) is 46.4 Å². The minimum Gasteiger partial charge on any atom is -0.370 e. The number of hydrogen-bond donors (Lipinski definition) is 1. The average molecular weight is 294 g/mol. The minimum absolute atomic E-state index is 0.176. The van der Waals surface area contributed by atoms with Crippen molar-refractivity contribution < 1.29 is 0 Å². The molecule has 1 saturated heterocycles. The van der Waals surface area contributed by atoms with Crippen molar-refractivity contribution in [1.29, 1.82) is 5.26 Å². The SMILES string of the molecule is CC1(CN)CCN(c2cccc(Br)c2C#N)C1. The van der Waals surface area contributed by atoms with E-state index in [0.29, 0.717) is 12.1 Å². The van der Waals surface area contributed by atoms with Crippen LogP contribution >= 0.6 is 15.9 Å². The summed E-state index contributed by atoms with van der Waals surface area (Å²) in [6.45, 7) is 4.80. The second-order valence-corrected chi connectivity index (χ2v) is 5.79. The summed E-state index contributed by atoms with van der Waals surface area (Å²) in [5, 5.41) is 9.22. The molecule has 3 nitrogen and oxygen atoms in total. The Balaban J connectivity index is 2.32. The van der Waals surface area contributed by atoms with Crippen molar-refractivity contribution >= 4 is 21.6 Å². The van der Waals surface area contributed by atoms with Gasteiger partial charge in [0.15, 0.2) is 0 Å². The Morgan fingerprint density at radius 1 is 1.59 bits per heavy atom. The fraction of sp³-hybridized carbons (Fsp3) is 0.462. The fourth-order valence-corrected chi connectivity index (χ4v) is 2.73. The van der Waals surface area contributed by atoms with Gasteiger partial charge in [-0.3, -0.25) is 0 Å². The van der Waals surface area contributed by atoms with Crippen LogP contribution in [0.5, 0.6) is 0 Å². The summed E-state index contributed by atoms with van der Waals surface area (Å²) in [6.07, 6.45) is 1.08. The largest absolute Gasteiger partial charge is 0.370 e. The van der Waals surface area contributed by atoms with Gasteiger partial charge in [-0.1, -0.05) is 13.0 Å². The van der Waals surface area contributed by atoms with Crippen LogP contribution in [0.2, 0.25) is 0 Å². The second-order valence-electron chi connectivity index (χ2n) is 4.93. The summed E-state index contributed by atoms with van der Waals surface area (Å²) < 4.78 is 0.860.